The van der Waals surface area contributed by atoms with Crippen LogP contribution in [-0.2, 0) is 0 Å². The molecule has 5 nitrogen and oxygen atoms in total. The molecular weight excluding hydrogens is 282 g/mol. The van der Waals surface area contributed by atoms with E-state index in [0.29, 0.717) is 6.04 Å². The fourth-order valence-electron chi connectivity index (χ4n) is 2.10. The van der Waals surface area contributed by atoms with Crippen molar-refractivity contribution in [1.82, 2.24) is 14.6 Å². The topological polar surface area (TPSA) is 59.5 Å². The molecule has 17 heavy (non-hydrogen) atoms. The number of aromatic nitrogens is 3. The van der Waals surface area contributed by atoms with Gasteiger partial charge in [-0.15, -0.1) is 5.10 Å². The van der Waals surface area contributed by atoms with Crippen molar-refractivity contribution < 1.29 is 0 Å². The number of nitrogens with zero attached hydrogens (tertiary/aromatic N) is 4. The number of hydrogen-bond donors (Lipinski definition) is 1. The number of halogens is 1. The van der Waals surface area contributed by atoms with Gasteiger partial charge in [-0.1, -0.05) is 0 Å². The quantitative estimate of drug-likeness (QED) is 0.864. The summed E-state index contributed by atoms with van der Waals surface area (Å²) in [6.45, 7) is 1.88. The average molecular weight is 296 g/mol. The SMILES string of the molecule is NC1CCN(c2nc3c(Br)cccn3n2)CC1. The molecule has 1 aliphatic heterocycles. The second-order valence-corrected chi connectivity index (χ2v) is 5.21. The van der Waals surface area contributed by atoms with E-state index in [4.69, 9.17) is 5.73 Å². The van der Waals surface area contributed by atoms with Crippen molar-refractivity contribution in [3.8, 4) is 0 Å². The Morgan fingerprint density at radius 2 is 2.12 bits per heavy atom. The Bertz CT molecular complexity index is 530. The number of hydrogen-bond acceptors (Lipinski definition) is 4. The van der Waals surface area contributed by atoms with Crippen LogP contribution in [-0.4, -0.2) is 33.7 Å². The molecule has 0 saturated carbocycles. The van der Waals surface area contributed by atoms with Crippen LogP contribution >= 0.6 is 15.9 Å². The van der Waals surface area contributed by atoms with E-state index in [0.717, 1.165) is 42.0 Å². The number of rotatable bonds is 1. The molecule has 0 atom stereocenters. The van der Waals surface area contributed by atoms with Crippen LogP contribution in [0.5, 0.6) is 0 Å². The Balaban J connectivity index is 1.93. The van der Waals surface area contributed by atoms with Gasteiger partial charge in [-0.05, 0) is 40.9 Å². The first kappa shape index (κ1) is 11.0. The standard InChI is InChI=1S/C11H14BrN5/c12-9-2-1-5-17-10(9)14-11(15-17)16-6-3-8(13)4-7-16/h1-2,5,8H,3-4,6-7,13H2. The second-order valence-electron chi connectivity index (χ2n) is 4.36. The van der Waals surface area contributed by atoms with E-state index in [1.165, 1.54) is 0 Å². The molecule has 2 N–H and O–H groups in total. The third-order valence-corrected chi connectivity index (χ3v) is 3.74. The highest BCUT2D eigenvalue weighted by Crippen LogP contribution is 2.20. The molecule has 0 aliphatic carbocycles. The molecule has 0 bridgehead atoms. The average Bonchev–Trinajstić information content (AvgIpc) is 2.75. The lowest BCUT2D eigenvalue weighted by Crippen LogP contribution is -2.40. The number of fused-ring (bicyclic) bond motifs is 1. The van der Waals surface area contributed by atoms with Crippen molar-refractivity contribution in [3.63, 3.8) is 0 Å². The van der Waals surface area contributed by atoms with Crippen LogP contribution in [0.1, 0.15) is 12.8 Å². The Morgan fingerprint density at radius 3 is 2.82 bits per heavy atom. The predicted molar refractivity (Wildman–Crippen MR) is 70.1 cm³/mol. The van der Waals surface area contributed by atoms with Crippen LogP contribution < -0.4 is 10.6 Å². The molecule has 2 aromatic heterocycles. The Labute approximate surface area is 108 Å². The minimum Gasteiger partial charge on any atom is -0.339 e. The lowest BCUT2D eigenvalue weighted by Gasteiger charge is -2.28. The van der Waals surface area contributed by atoms with Crippen molar-refractivity contribution in [1.29, 1.82) is 0 Å². The maximum Gasteiger partial charge on any atom is 0.245 e. The van der Waals surface area contributed by atoms with Gasteiger partial charge in [0.2, 0.25) is 5.95 Å². The van der Waals surface area contributed by atoms with E-state index >= 15 is 0 Å². The van der Waals surface area contributed by atoms with Crippen LogP contribution in [0.4, 0.5) is 5.95 Å². The largest absolute Gasteiger partial charge is 0.339 e. The van der Waals surface area contributed by atoms with Gasteiger partial charge in [0.1, 0.15) is 0 Å². The summed E-state index contributed by atoms with van der Waals surface area (Å²) < 4.78 is 2.76. The molecule has 6 heteroatoms. The Hall–Kier alpha value is -1.14. The smallest absolute Gasteiger partial charge is 0.245 e. The first-order chi connectivity index (χ1) is 8.24. The molecule has 0 radical (unpaired) electrons. The fraction of sp³-hybridized carbons (Fsp3) is 0.455. The first-order valence-electron chi connectivity index (χ1n) is 5.75. The van der Waals surface area contributed by atoms with E-state index in [1.54, 1.807) is 4.52 Å². The Kier molecular flexibility index (Phi) is 2.76. The minimum absolute atomic E-state index is 0.329. The van der Waals surface area contributed by atoms with Crippen LogP contribution in [0.25, 0.3) is 5.65 Å². The molecule has 1 saturated heterocycles. The van der Waals surface area contributed by atoms with Crippen molar-refractivity contribution in [2.45, 2.75) is 18.9 Å². The molecule has 0 aromatic carbocycles. The zero-order valence-corrected chi connectivity index (χ0v) is 11.0. The Morgan fingerprint density at radius 1 is 1.35 bits per heavy atom. The van der Waals surface area contributed by atoms with E-state index in [2.05, 4.69) is 30.9 Å². The molecule has 3 rings (SSSR count). The number of pyridine rings is 1. The second kappa shape index (κ2) is 4.27. The highest BCUT2D eigenvalue weighted by atomic mass is 79.9. The van der Waals surface area contributed by atoms with Gasteiger partial charge in [0.05, 0.1) is 4.47 Å². The van der Waals surface area contributed by atoms with Gasteiger partial charge < -0.3 is 10.6 Å². The predicted octanol–water partition coefficient (Wildman–Crippen LogP) is 1.42. The lowest BCUT2D eigenvalue weighted by molar-refractivity contribution is 0.495. The third-order valence-electron chi connectivity index (χ3n) is 3.13. The highest BCUT2D eigenvalue weighted by Gasteiger charge is 2.19. The maximum atomic E-state index is 5.89. The fourth-order valence-corrected chi connectivity index (χ4v) is 2.52. The molecule has 1 fully saturated rings. The highest BCUT2D eigenvalue weighted by molar-refractivity contribution is 9.10. The van der Waals surface area contributed by atoms with Crippen LogP contribution in [0.2, 0.25) is 0 Å². The van der Waals surface area contributed by atoms with Gasteiger partial charge in [0.15, 0.2) is 5.65 Å². The molecule has 1 aliphatic rings. The molecule has 90 valence electrons. The number of piperidine rings is 1. The van der Waals surface area contributed by atoms with Crippen molar-refractivity contribution in [2.24, 2.45) is 5.73 Å². The third kappa shape index (κ3) is 2.02. The van der Waals surface area contributed by atoms with Crippen molar-refractivity contribution in [3.05, 3.63) is 22.8 Å². The summed E-state index contributed by atoms with van der Waals surface area (Å²) in [6.07, 6.45) is 3.93. The molecular formula is C11H14BrN5. The molecule has 0 unspecified atom stereocenters. The maximum absolute atomic E-state index is 5.89. The van der Waals surface area contributed by atoms with Gasteiger partial charge in [-0.2, -0.15) is 4.98 Å². The number of nitrogens with two attached hydrogens (primary N) is 1. The van der Waals surface area contributed by atoms with Crippen molar-refractivity contribution >= 4 is 27.5 Å². The van der Waals surface area contributed by atoms with Crippen LogP contribution in [0, 0.1) is 0 Å². The molecule has 2 aromatic rings. The molecule has 3 heterocycles. The zero-order chi connectivity index (χ0) is 11.8. The summed E-state index contributed by atoms with van der Waals surface area (Å²) in [5, 5.41) is 4.48. The van der Waals surface area contributed by atoms with Crippen LogP contribution in [0.3, 0.4) is 0 Å². The first-order valence-corrected chi connectivity index (χ1v) is 6.55. The molecule has 0 spiro atoms. The lowest BCUT2D eigenvalue weighted by atomic mass is 10.1. The van der Waals surface area contributed by atoms with E-state index in [9.17, 15) is 0 Å². The summed E-state index contributed by atoms with van der Waals surface area (Å²) in [5.41, 5.74) is 6.75. The van der Waals surface area contributed by atoms with Gasteiger partial charge in [-0.25, -0.2) is 4.52 Å². The van der Waals surface area contributed by atoms with Crippen LogP contribution in [0.15, 0.2) is 22.8 Å². The van der Waals surface area contributed by atoms with E-state index in [1.807, 2.05) is 18.3 Å². The summed E-state index contributed by atoms with van der Waals surface area (Å²) in [6, 6.07) is 4.25. The van der Waals surface area contributed by atoms with Gasteiger partial charge >= 0.3 is 0 Å². The summed E-state index contributed by atoms with van der Waals surface area (Å²) in [4.78, 5) is 6.75. The summed E-state index contributed by atoms with van der Waals surface area (Å²) in [7, 11) is 0. The normalized spacial score (nSPS) is 17.9. The van der Waals surface area contributed by atoms with E-state index < -0.39 is 0 Å². The monoisotopic (exact) mass is 295 g/mol. The van der Waals surface area contributed by atoms with E-state index in [-0.39, 0.29) is 0 Å². The van der Waals surface area contributed by atoms with Crippen molar-refractivity contribution in [2.75, 3.05) is 18.0 Å². The summed E-state index contributed by atoms with van der Waals surface area (Å²) >= 11 is 3.48. The number of anilines is 1. The van der Waals surface area contributed by atoms with Gasteiger partial charge in [-0.3, -0.25) is 0 Å². The zero-order valence-electron chi connectivity index (χ0n) is 9.38. The summed E-state index contributed by atoms with van der Waals surface area (Å²) in [5.74, 6) is 0.795. The minimum atomic E-state index is 0.329. The van der Waals surface area contributed by atoms with Gasteiger partial charge in [0, 0.05) is 25.3 Å². The van der Waals surface area contributed by atoms with Gasteiger partial charge in [0.25, 0.3) is 0 Å². The molecule has 0 amide bonds.